The quantitative estimate of drug-likeness (QED) is 0.758. The van der Waals surface area contributed by atoms with Gasteiger partial charge in [-0.2, -0.15) is 10.4 Å². The summed E-state index contributed by atoms with van der Waals surface area (Å²) in [4.78, 5) is 2.14. The molecular formula is C15H18ClN5S. The van der Waals surface area contributed by atoms with Gasteiger partial charge in [0.1, 0.15) is 0 Å². The molecule has 0 unspecified atom stereocenters. The molecule has 1 heterocycles. The highest BCUT2D eigenvalue weighted by molar-refractivity contribution is 7.71. The van der Waals surface area contributed by atoms with Crippen LogP contribution in [0, 0.1) is 16.1 Å². The van der Waals surface area contributed by atoms with Crippen LogP contribution in [-0.2, 0) is 13.7 Å². The molecule has 1 aromatic heterocycles. The maximum absolute atomic E-state index is 8.72. The Labute approximate surface area is 140 Å². The van der Waals surface area contributed by atoms with Gasteiger partial charge in [-0.1, -0.05) is 18.5 Å². The standard InChI is InChI=1S/C15H18ClN5S/c1-3-20(10-4-9-17)11-21-15(22)19(2)14(18-21)12-5-7-13(16)8-6-12/h5-8H,3-4,10-11H2,1-2H3. The molecule has 2 rings (SSSR count). The van der Waals surface area contributed by atoms with Gasteiger partial charge in [0.15, 0.2) is 10.6 Å². The second-order valence-corrected chi connectivity index (χ2v) is 5.73. The van der Waals surface area contributed by atoms with Crippen molar-refractivity contribution in [3.8, 4) is 17.5 Å². The normalized spacial score (nSPS) is 10.9. The average Bonchev–Trinajstić information content (AvgIpc) is 2.80. The second kappa shape index (κ2) is 7.54. The molecule has 0 atom stereocenters. The van der Waals surface area contributed by atoms with Crippen LogP contribution in [-0.4, -0.2) is 32.3 Å². The SMILES string of the molecule is CCN(CCC#N)Cn1nc(-c2ccc(Cl)cc2)n(C)c1=S. The fourth-order valence-electron chi connectivity index (χ4n) is 2.16. The highest BCUT2D eigenvalue weighted by atomic mass is 35.5. The molecule has 22 heavy (non-hydrogen) atoms. The van der Waals surface area contributed by atoms with Gasteiger partial charge in [-0.3, -0.25) is 4.90 Å². The molecule has 0 aliphatic heterocycles. The number of rotatable bonds is 6. The van der Waals surface area contributed by atoms with Crippen LogP contribution in [0.1, 0.15) is 13.3 Å². The summed E-state index contributed by atoms with van der Waals surface area (Å²) < 4.78 is 4.33. The summed E-state index contributed by atoms with van der Waals surface area (Å²) in [6.07, 6.45) is 0.498. The molecule has 0 saturated carbocycles. The van der Waals surface area contributed by atoms with Crippen molar-refractivity contribution in [1.29, 1.82) is 5.26 Å². The smallest absolute Gasteiger partial charge is 0.199 e. The van der Waals surface area contributed by atoms with Gasteiger partial charge in [0.25, 0.3) is 0 Å². The number of hydrogen-bond acceptors (Lipinski definition) is 4. The zero-order valence-corrected chi connectivity index (χ0v) is 14.2. The van der Waals surface area contributed by atoms with Crippen molar-refractivity contribution >= 4 is 23.8 Å². The molecule has 0 N–H and O–H groups in total. The van der Waals surface area contributed by atoms with Crippen LogP contribution in [0.25, 0.3) is 11.4 Å². The largest absolute Gasteiger partial charge is 0.303 e. The lowest BCUT2D eigenvalue weighted by atomic mass is 10.2. The lowest BCUT2D eigenvalue weighted by Gasteiger charge is -2.18. The molecule has 7 heteroatoms. The predicted octanol–water partition coefficient (Wildman–Crippen LogP) is 3.46. The van der Waals surface area contributed by atoms with Gasteiger partial charge >= 0.3 is 0 Å². The minimum Gasteiger partial charge on any atom is -0.303 e. The van der Waals surface area contributed by atoms with Crippen LogP contribution >= 0.6 is 23.8 Å². The van der Waals surface area contributed by atoms with E-state index in [0.29, 0.717) is 29.4 Å². The van der Waals surface area contributed by atoms with E-state index >= 15 is 0 Å². The summed E-state index contributed by atoms with van der Waals surface area (Å²) in [6.45, 7) is 4.19. The van der Waals surface area contributed by atoms with Gasteiger partial charge in [-0.15, -0.1) is 0 Å². The summed E-state index contributed by atoms with van der Waals surface area (Å²) in [5.74, 6) is 0.804. The lowest BCUT2D eigenvalue weighted by Crippen LogP contribution is -2.28. The summed E-state index contributed by atoms with van der Waals surface area (Å²) in [7, 11) is 1.90. The summed E-state index contributed by atoms with van der Waals surface area (Å²) in [6, 6.07) is 9.70. The first-order chi connectivity index (χ1) is 10.6. The van der Waals surface area contributed by atoms with E-state index in [4.69, 9.17) is 29.1 Å². The summed E-state index contributed by atoms with van der Waals surface area (Å²) >= 11 is 11.4. The molecule has 0 aliphatic rings. The minimum absolute atomic E-state index is 0.498. The Kier molecular flexibility index (Phi) is 5.72. The molecule has 0 saturated heterocycles. The third-order valence-corrected chi connectivity index (χ3v) is 4.20. The Balaban J connectivity index is 2.28. The number of benzene rings is 1. The number of aromatic nitrogens is 3. The van der Waals surface area contributed by atoms with Crippen LogP contribution in [0.5, 0.6) is 0 Å². The first-order valence-corrected chi connectivity index (χ1v) is 7.84. The van der Waals surface area contributed by atoms with E-state index in [2.05, 4.69) is 23.0 Å². The molecule has 0 amide bonds. The number of nitriles is 1. The third-order valence-electron chi connectivity index (χ3n) is 3.46. The highest BCUT2D eigenvalue weighted by Crippen LogP contribution is 2.20. The zero-order valence-electron chi connectivity index (χ0n) is 12.7. The molecule has 0 aliphatic carbocycles. The molecule has 116 valence electrons. The van der Waals surface area contributed by atoms with Crippen molar-refractivity contribution in [3.05, 3.63) is 34.1 Å². The lowest BCUT2D eigenvalue weighted by molar-refractivity contribution is 0.220. The summed E-state index contributed by atoms with van der Waals surface area (Å²) in [5.41, 5.74) is 0.969. The monoisotopic (exact) mass is 335 g/mol. The van der Waals surface area contributed by atoms with Gasteiger partial charge < -0.3 is 4.57 Å². The van der Waals surface area contributed by atoms with Gasteiger partial charge in [0.05, 0.1) is 12.7 Å². The maximum atomic E-state index is 8.72. The Morgan fingerprint density at radius 1 is 1.36 bits per heavy atom. The minimum atomic E-state index is 0.498. The van der Waals surface area contributed by atoms with E-state index in [-0.39, 0.29) is 0 Å². The van der Waals surface area contributed by atoms with Crippen LogP contribution in [0.3, 0.4) is 0 Å². The van der Waals surface area contributed by atoms with E-state index in [1.807, 2.05) is 35.9 Å². The molecule has 0 spiro atoms. The number of hydrogen-bond donors (Lipinski definition) is 0. The fraction of sp³-hybridized carbons (Fsp3) is 0.400. The van der Waals surface area contributed by atoms with Crippen LogP contribution < -0.4 is 0 Å². The van der Waals surface area contributed by atoms with Gasteiger partial charge in [0, 0.05) is 30.6 Å². The first-order valence-electron chi connectivity index (χ1n) is 7.06. The number of nitrogens with zero attached hydrogens (tertiary/aromatic N) is 5. The van der Waals surface area contributed by atoms with E-state index in [9.17, 15) is 0 Å². The number of halogens is 1. The Bertz CT molecular complexity index is 726. The molecule has 0 bridgehead atoms. The summed E-state index contributed by atoms with van der Waals surface area (Å²) in [5, 5.41) is 14.0. The molecule has 0 fully saturated rings. The van der Waals surface area contributed by atoms with Gasteiger partial charge in [-0.05, 0) is 43.0 Å². The van der Waals surface area contributed by atoms with Crippen molar-refractivity contribution in [3.63, 3.8) is 0 Å². The Morgan fingerprint density at radius 3 is 2.64 bits per heavy atom. The van der Waals surface area contributed by atoms with E-state index < -0.39 is 0 Å². The van der Waals surface area contributed by atoms with E-state index in [1.165, 1.54) is 0 Å². The topological polar surface area (TPSA) is 49.8 Å². The van der Waals surface area contributed by atoms with Crippen molar-refractivity contribution in [2.75, 3.05) is 13.1 Å². The highest BCUT2D eigenvalue weighted by Gasteiger charge is 2.12. The average molecular weight is 336 g/mol. The zero-order chi connectivity index (χ0) is 16.1. The van der Waals surface area contributed by atoms with Crippen molar-refractivity contribution in [2.45, 2.75) is 20.0 Å². The molecule has 2 aromatic rings. The molecule has 1 aromatic carbocycles. The van der Waals surface area contributed by atoms with Gasteiger partial charge in [0.2, 0.25) is 0 Å². The third kappa shape index (κ3) is 3.74. The van der Waals surface area contributed by atoms with Gasteiger partial charge in [-0.25, -0.2) is 4.68 Å². The predicted molar refractivity (Wildman–Crippen MR) is 90.0 cm³/mol. The van der Waals surface area contributed by atoms with Crippen molar-refractivity contribution in [2.24, 2.45) is 7.05 Å². The van der Waals surface area contributed by atoms with E-state index in [1.54, 1.807) is 4.68 Å². The van der Waals surface area contributed by atoms with E-state index in [0.717, 1.165) is 17.9 Å². The molecular weight excluding hydrogens is 318 g/mol. The molecule has 0 radical (unpaired) electrons. The fourth-order valence-corrected chi connectivity index (χ4v) is 2.47. The first kappa shape index (κ1) is 16.7. The second-order valence-electron chi connectivity index (χ2n) is 4.93. The van der Waals surface area contributed by atoms with Crippen molar-refractivity contribution in [1.82, 2.24) is 19.2 Å². The van der Waals surface area contributed by atoms with Crippen LogP contribution in [0.15, 0.2) is 24.3 Å². The Morgan fingerprint density at radius 2 is 2.05 bits per heavy atom. The Hall–Kier alpha value is -1.68. The maximum Gasteiger partial charge on any atom is 0.199 e. The van der Waals surface area contributed by atoms with Crippen LogP contribution in [0.2, 0.25) is 5.02 Å². The van der Waals surface area contributed by atoms with Crippen LogP contribution in [0.4, 0.5) is 0 Å². The van der Waals surface area contributed by atoms with Crippen molar-refractivity contribution < 1.29 is 0 Å². The molecule has 5 nitrogen and oxygen atoms in total.